The van der Waals surface area contributed by atoms with Crippen LogP contribution in [-0.2, 0) is 16.2 Å². The molecule has 5 aromatic rings. The smallest absolute Gasteiger partial charge is 0.124 e. The molecule has 0 bridgehead atoms. The Kier molecular flexibility index (Phi) is 7.86. The van der Waals surface area contributed by atoms with Crippen molar-refractivity contribution in [1.29, 1.82) is 0 Å². The van der Waals surface area contributed by atoms with Crippen LogP contribution in [0.2, 0.25) is 0 Å². The maximum Gasteiger partial charge on any atom is 0.124 e. The van der Waals surface area contributed by atoms with Crippen LogP contribution < -0.4 is 0 Å². The Balaban J connectivity index is 1.64. The average Bonchev–Trinajstić information content (AvgIpc) is 2.96. The molecular formula is C41H45NO. The molecule has 0 aliphatic heterocycles. The maximum absolute atomic E-state index is 10.8. The number of hydrogen-bond acceptors (Lipinski definition) is 2. The Hall–Kier alpha value is -4.17. The van der Waals surface area contributed by atoms with Gasteiger partial charge in [-0.1, -0.05) is 123 Å². The van der Waals surface area contributed by atoms with Crippen LogP contribution >= 0.6 is 0 Å². The monoisotopic (exact) mass is 567 g/mol. The molecule has 1 N–H and O–H groups in total. The average molecular weight is 568 g/mol. The Bertz CT molecular complexity index is 1660. The molecule has 1 aromatic heterocycles. The van der Waals surface area contributed by atoms with Gasteiger partial charge in [0.1, 0.15) is 5.75 Å². The lowest BCUT2D eigenvalue weighted by Crippen LogP contribution is -2.10. The second-order valence-electron chi connectivity index (χ2n) is 14.8. The largest absolute Gasteiger partial charge is 0.507 e. The van der Waals surface area contributed by atoms with E-state index in [0.29, 0.717) is 0 Å². The van der Waals surface area contributed by atoms with Gasteiger partial charge < -0.3 is 5.11 Å². The van der Waals surface area contributed by atoms with Gasteiger partial charge in [-0.25, -0.2) is 4.98 Å². The van der Waals surface area contributed by atoms with Crippen LogP contribution in [0.4, 0.5) is 0 Å². The molecule has 0 amide bonds. The number of pyridine rings is 1. The van der Waals surface area contributed by atoms with E-state index in [2.05, 4.69) is 141 Å². The predicted octanol–water partition coefficient (Wildman–Crippen LogP) is 11.3. The highest BCUT2D eigenvalue weighted by Crippen LogP contribution is 2.37. The molecule has 0 saturated carbocycles. The molecule has 2 heteroatoms. The lowest BCUT2D eigenvalue weighted by Gasteiger charge is -2.20. The van der Waals surface area contributed by atoms with Crippen LogP contribution in [0.25, 0.3) is 44.8 Å². The van der Waals surface area contributed by atoms with Crippen molar-refractivity contribution in [3.05, 3.63) is 120 Å². The van der Waals surface area contributed by atoms with Gasteiger partial charge in [0.15, 0.2) is 0 Å². The van der Waals surface area contributed by atoms with E-state index in [0.717, 1.165) is 39.2 Å². The highest BCUT2D eigenvalue weighted by molar-refractivity contribution is 5.81. The quantitative estimate of drug-likeness (QED) is 0.234. The highest BCUT2D eigenvalue weighted by atomic mass is 16.3. The summed E-state index contributed by atoms with van der Waals surface area (Å²) in [5, 5.41) is 10.8. The Morgan fingerprint density at radius 3 is 1.30 bits per heavy atom. The van der Waals surface area contributed by atoms with Gasteiger partial charge in [-0.05, 0) is 97.7 Å². The van der Waals surface area contributed by atoms with Crippen molar-refractivity contribution < 1.29 is 5.11 Å². The first-order valence-electron chi connectivity index (χ1n) is 15.3. The molecule has 0 radical (unpaired) electrons. The van der Waals surface area contributed by atoms with Crippen molar-refractivity contribution in [2.24, 2.45) is 0 Å². The Morgan fingerprint density at radius 2 is 0.837 bits per heavy atom. The van der Waals surface area contributed by atoms with Gasteiger partial charge >= 0.3 is 0 Å². The SMILES string of the molecule is CC(C)(C)c1ccc(-c2cc(-c3ccc(C(C)(C)C)cc3)cc(-c3cccc(-c4cc(C(C)(C)C)ccc4O)n3)c2)cc1. The van der Waals surface area contributed by atoms with Gasteiger partial charge in [0, 0.05) is 11.1 Å². The van der Waals surface area contributed by atoms with Crippen LogP contribution in [-0.4, -0.2) is 10.1 Å². The summed E-state index contributed by atoms with van der Waals surface area (Å²) >= 11 is 0. The Labute approximate surface area is 258 Å². The van der Waals surface area contributed by atoms with E-state index >= 15 is 0 Å². The lowest BCUT2D eigenvalue weighted by molar-refractivity contribution is 0.476. The second-order valence-corrected chi connectivity index (χ2v) is 14.8. The van der Waals surface area contributed by atoms with Crippen molar-refractivity contribution in [3.8, 4) is 50.5 Å². The van der Waals surface area contributed by atoms with Crippen LogP contribution in [0.5, 0.6) is 5.75 Å². The summed E-state index contributed by atoms with van der Waals surface area (Å²) in [6.45, 7) is 20.0. The first kappa shape index (κ1) is 30.3. The van der Waals surface area contributed by atoms with E-state index in [4.69, 9.17) is 4.98 Å². The number of aromatic nitrogens is 1. The minimum Gasteiger partial charge on any atom is -0.507 e. The molecule has 0 spiro atoms. The van der Waals surface area contributed by atoms with Gasteiger partial charge in [0.2, 0.25) is 0 Å². The minimum absolute atomic E-state index is 0.0334. The molecule has 1 heterocycles. The summed E-state index contributed by atoms with van der Waals surface area (Å²) < 4.78 is 0. The van der Waals surface area contributed by atoms with Crippen molar-refractivity contribution in [2.45, 2.75) is 78.6 Å². The number of phenolic OH excluding ortho intramolecular Hbond substituents is 1. The lowest BCUT2D eigenvalue weighted by atomic mass is 9.85. The molecule has 5 rings (SSSR count). The van der Waals surface area contributed by atoms with Crippen LogP contribution in [0.1, 0.15) is 79.0 Å². The van der Waals surface area contributed by atoms with Crippen LogP contribution in [0, 0.1) is 0 Å². The summed E-state index contributed by atoms with van der Waals surface area (Å²) in [5.74, 6) is 0.241. The first-order valence-corrected chi connectivity index (χ1v) is 15.3. The fourth-order valence-electron chi connectivity index (χ4n) is 5.39. The number of benzene rings is 4. The molecule has 220 valence electrons. The molecule has 0 atom stereocenters. The van der Waals surface area contributed by atoms with Crippen molar-refractivity contribution in [3.63, 3.8) is 0 Å². The number of phenols is 1. The van der Waals surface area contributed by atoms with Gasteiger partial charge in [-0.15, -0.1) is 0 Å². The fraction of sp³-hybridized carbons (Fsp3) is 0.293. The normalized spacial score (nSPS) is 12.4. The van der Waals surface area contributed by atoms with E-state index in [1.54, 1.807) is 6.07 Å². The third-order valence-corrected chi connectivity index (χ3v) is 8.28. The minimum atomic E-state index is -0.0334. The third-order valence-electron chi connectivity index (χ3n) is 8.28. The van der Waals surface area contributed by atoms with Gasteiger partial charge in [0.25, 0.3) is 0 Å². The third kappa shape index (κ3) is 6.75. The molecule has 0 unspecified atom stereocenters. The highest BCUT2D eigenvalue weighted by Gasteiger charge is 2.18. The van der Waals surface area contributed by atoms with Gasteiger partial charge in [0.05, 0.1) is 11.4 Å². The topological polar surface area (TPSA) is 33.1 Å². The standard InChI is InChI=1S/C41H45NO/c1-39(2,3)32-17-13-27(14-18-32)29-23-30(28-15-19-33(20-16-28)40(4,5)6)25-31(24-29)36-11-10-12-37(42-36)35-26-34(41(7,8)9)21-22-38(35)43/h10-26,43H,1-9H3. The van der Waals surface area contributed by atoms with Crippen molar-refractivity contribution in [1.82, 2.24) is 4.98 Å². The molecule has 4 aromatic carbocycles. The number of aromatic hydroxyl groups is 1. The van der Waals surface area contributed by atoms with Crippen LogP contribution in [0.3, 0.4) is 0 Å². The van der Waals surface area contributed by atoms with E-state index in [-0.39, 0.29) is 22.0 Å². The zero-order valence-electron chi connectivity index (χ0n) is 27.2. The summed E-state index contributed by atoms with van der Waals surface area (Å²) in [6, 6.07) is 36.5. The second kappa shape index (κ2) is 11.2. The van der Waals surface area contributed by atoms with Crippen molar-refractivity contribution >= 4 is 0 Å². The van der Waals surface area contributed by atoms with Crippen LogP contribution in [0.15, 0.2) is 103 Å². The van der Waals surface area contributed by atoms with Gasteiger partial charge in [-0.2, -0.15) is 0 Å². The maximum atomic E-state index is 10.8. The Morgan fingerprint density at radius 1 is 0.419 bits per heavy atom. The molecule has 0 aliphatic rings. The summed E-state index contributed by atoms with van der Waals surface area (Å²) in [6.07, 6.45) is 0. The summed E-state index contributed by atoms with van der Waals surface area (Å²) in [7, 11) is 0. The van der Waals surface area contributed by atoms with Crippen molar-refractivity contribution in [2.75, 3.05) is 0 Å². The number of rotatable bonds is 4. The predicted molar refractivity (Wildman–Crippen MR) is 184 cm³/mol. The van der Waals surface area contributed by atoms with E-state index < -0.39 is 0 Å². The summed E-state index contributed by atoms with van der Waals surface area (Å²) in [5.41, 5.74) is 12.0. The molecule has 0 aliphatic carbocycles. The summed E-state index contributed by atoms with van der Waals surface area (Å²) in [4.78, 5) is 5.10. The van der Waals surface area contributed by atoms with E-state index in [1.807, 2.05) is 18.2 Å². The van der Waals surface area contributed by atoms with E-state index in [1.165, 1.54) is 22.3 Å². The first-order chi connectivity index (χ1) is 20.1. The number of nitrogens with zero attached hydrogens (tertiary/aromatic N) is 1. The molecule has 0 fully saturated rings. The zero-order chi connectivity index (χ0) is 31.2. The zero-order valence-corrected chi connectivity index (χ0v) is 27.2. The number of hydrogen-bond donors (Lipinski definition) is 1. The molecule has 2 nitrogen and oxygen atoms in total. The molecule has 43 heavy (non-hydrogen) atoms. The molecule has 0 saturated heterocycles. The van der Waals surface area contributed by atoms with E-state index in [9.17, 15) is 5.11 Å². The molecular weight excluding hydrogens is 522 g/mol. The fourth-order valence-corrected chi connectivity index (χ4v) is 5.39. The van der Waals surface area contributed by atoms with Gasteiger partial charge in [-0.3, -0.25) is 0 Å².